The van der Waals surface area contributed by atoms with Crippen molar-refractivity contribution >= 4 is 46.6 Å². The first-order valence-electron chi connectivity index (χ1n) is 7.56. The molecule has 0 unspecified atom stereocenters. The summed E-state index contributed by atoms with van der Waals surface area (Å²) in [6, 6.07) is 11.3. The van der Waals surface area contributed by atoms with Crippen molar-refractivity contribution in [3.63, 3.8) is 0 Å². The SMILES string of the molecule is CC(=O)Nc1ccc(NC(=O)[C@H]2Cc3ccc(C)cc3S2)cc1Cl. The summed E-state index contributed by atoms with van der Waals surface area (Å²) < 4.78 is 0. The van der Waals surface area contributed by atoms with Gasteiger partial charge in [-0.1, -0.05) is 29.3 Å². The highest BCUT2D eigenvalue weighted by atomic mass is 35.5. The van der Waals surface area contributed by atoms with Crippen molar-refractivity contribution < 1.29 is 9.59 Å². The third-order valence-corrected chi connectivity index (χ3v) is 5.35. The summed E-state index contributed by atoms with van der Waals surface area (Å²) in [5.41, 5.74) is 3.56. The lowest BCUT2D eigenvalue weighted by Crippen LogP contribution is -2.24. The van der Waals surface area contributed by atoms with Crippen LogP contribution in [0.5, 0.6) is 0 Å². The zero-order chi connectivity index (χ0) is 17.3. The number of amides is 2. The standard InChI is InChI=1S/C18H17ClN2O2S/c1-10-3-4-12-8-17(24-16(12)7-10)18(23)21-13-5-6-15(14(19)9-13)20-11(2)22/h3-7,9,17H,8H2,1-2H3,(H,20,22)(H,21,23)/t17-/m1/s1. The van der Waals surface area contributed by atoms with Gasteiger partial charge in [0.2, 0.25) is 11.8 Å². The van der Waals surface area contributed by atoms with Gasteiger partial charge in [-0.25, -0.2) is 0 Å². The molecule has 0 fully saturated rings. The fourth-order valence-electron chi connectivity index (χ4n) is 2.59. The van der Waals surface area contributed by atoms with E-state index in [1.165, 1.54) is 22.9 Å². The second kappa shape index (κ2) is 6.87. The van der Waals surface area contributed by atoms with Crippen molar-refractivity contribution in [2.24, 2.45) is 0 Å². The first kappa shape index (κ1) is 16.9. The molecule has 0 saturated carbocycles. The van der Waals surface area contributed by atoms with Gasteiger partial charge in [-0.2, -0.15) is 0 Å². The number of benzene rings is 2. The molecule has 2 amide bonds. The fourth-order valence-corrected chi connectivity index (χ4v) is 4.11. The summed E-state index contributed by atoms with van der Waals surface area (Å²) >= 11 is 7.73. The summed E-state index contributed by atoms with van der Waals surface area (Å²) in [5.74, 6) is -0.235. The molecule has 3 rings (SSSR count). The Labute approximate surface area is 150 Å². The zero-order valence-electron chi connectivity index (χ0n) is 13.4. The van der Waals surface area contributed by atoms with E-state index in [0.29, 0.717) is 16.4 Å². The number of nitrogens with one attached hydrogen (secondary N) is 2. The highest BCUT2D eigenvalue weighted by Crippen LogP contribution is 2.38. The lowest BCUT2D eigenvalue weighted by atomic mass is 10.1. The molecule has 2 aromatic carbocycles. The van der Waals surface area contributed by atoms with Gasteiger partial charge in [-0.15, -0.1) is 11.8 Å². The minimum absolute atomic E-state index is 0.0443. The van der Waals surface area contributed by atoms with Gasteiger partial charge in [0.05, 0.1) is 16.0 Å². The number of rotatable bonds is 3. The van der Waals surface area contributed by atoms with Crippen LogP contribution in [-0.2, 0) is 16.0 Å². The summed E-state index contributed by atoms with van der Waals surface area (Å²) in [5, 5.41) is 5.78. The Morgan fingerprint density at radius 1 is 1.17 bits per heavy atom. The second-order valence-electron chi connectivity index (χ2n) is 5.79. The van der Waals surface area contributed by atoms with Crippen LogP contribution in [0.4, 0.5) is 11.4 Å². The molecule has 0 aliphatic carbocycles. The molecular weight excluding hydrogens is 344 g/mol. The van der Waals surface area contributed by atoms with Gasteiger partial charge in [0.25, 0.3) is 0 Å². The molecule has 2 aromatic rings. The second-order valence-corrected chi connectivity index (χ2v) is 7.44. The molecule has 6 heteroatoms. The highest BCUT2D eigenvalue weighted by Gasteiger charge is 2.28. The number of thioether (sulfide) groups is 1. The fraction of sp³-hybridized carbons (Fsp3) is 0.222. The largest absolute Gasteiger partial charge is 0.325 e. The summed E-state index contributed by atoms with van der Waals surface area (Å²) in [4.78, 5) is 24.8. The predicted molar refractivity (Wildman–Crippen MR) is 98.9 cm³/mol. The highest BCUT2D eigenvalue weighted by molar-refractivity contribution is 8.01. The molecule has 1 aliphatic heterocycles. The molecule has 0 bridgehead atoms. The van der Waals surface area contributed by atoms with Crippen molar-refractivity contribution in [3.8, 4) is 0 Å². The van der Waals surface area contributed by atoms with E-state index in [1.807, 2.05) is 6.92 Å². The minimum Gasteiger partial charge on any atom is -0.325 e. The van der Waals surface area contributed by atoms with Crippen LogP contribution in [0.3, 0.4) is 0 Å². The maximum absolute atomic E-state index is 12.5. The molecule has 0 saturated heterocycles. The zero-order valence-corrected chi connectivity index (χ0v) is 14.9. The monoisotopic (exact) mass is 360 g/mol. The van der Waals surface area contributed by atoms with Gasteiger partial charge >= 0.3 is 0 Å². The number of carbonyl (C=O) groups is 2. The maximum Gasteiger partial charge on any atom is 0.238 e. The average Bonchev–Trinajstić information content (AvgIpc) is 2.93. The summed E-state index contributed by atoms with van der Waals surface area (Å²) in [7, 11) is 0. The van der Waals surface area contributed by atoms with E-state index in [2.05, 4.69) is 28.8 Å². The first-order valence-corrected chi connectivity index (χ1v) is 8.82. The Balaban J connectivity index is 1.68. The normalized spacial score (nSPS) is 15.7. The van der Waals surface area contributed by atoms with E-state index in [0.717, 1.165) is 6.42 Å². The molecular formula is C18H17ClN2O2S. The minimum atomic E-state index is -0.191. The number of aryl methyl sites for hydroxylation is 1. The molecule has 1 atom stereocenters. The van der Waals surface area contributed by atoms with Crippen LogP contribution >= 0.6 is 23.4 Å². The number of anilines is 2. The molecule has 1 aliphatic rings. The first-order chi connectivity index (χ1) is 11.4. The van der Waals surface area contributed by atoms with E-state index in [-0.39, 0.29) is 17.1 Å². The van der Waals surface area contributed by atoms with Crippen molar-refractivity contribution in [2.75, 3.05) is 10.6 Å². The third kappa shape index (κ3) is 3.74. The van der Waals surface area contributed by atoms with Crippen LogP contribution in [0.1, 0.15) is 18.1 Å². The molecule has 24 heavy (non-hydrogen) atoms. The number of hydrogen-bond acceptors (Lipinski definition) is 3. The number of carbonyl (C=O) groups excluding carboxylic acids is 2. The predicted octanol–water partition coefficient (Wildman–Crippen LogP) is 4.26. The van der Waals surface area contributed by atoms with Crippen molar-refractivity contribution in [1.82, 2.24) is 0 Å². The van der Waals surface area contributed by atoms with Gasteiger partial charge in [-0.05, 0) is 43.2 Å². The van der Waals surface area contributed by atoms with E-state index < -0.39 is 0 Å². The van der Waals surface area contributed by atoms with Crippen LogP contribution in [-0.4, -0.2) is 17.1 Å². The molecule has 0 aromatic heterocycles. The van der Waals surface area contributed by atoms with Crippen LogP contribution in [0, 0.1) is 6.92 Å². The Bertz CT molecular complexity index is 823. The van der Waals surface area contributed by atoms with Gasteiger partial charge < -0.3 is 10.6 Å². The van der Waals surface area contributed by atoms with Gasteiger partial charge in [0.1, 0.15) is 0 Å². The molecule has 124 valence electrons. The van der Waals surface area contributed by atoms with Crippen molar-refractivity contribution in [3.05, 3.63) is 52.5 Å². The molecule has 1 heterocycles. The topological polar surface area (TPSA) is 58.2 Å². The smallest absolute Gasteiger partial charge is 0.238 e. The quantitative estimate of drug-likeness (QED) is 0.859. The molecule has 0 radical (unpaired) electrons. The summed E-state index contributed by atoms with van der Waals surface area (Å²) in [6.45, 7) is 3.47. The summed E-state index contributed by atoms with van der Waals surface area (Å²) in [6.07, 6.45) is 0.726. The Morgan fingerprint density at radius 2 is 1.96 bits per heavy atom. The number of hydrogen-bond donors (Lipinski definition) is 2. The van der Waals surface area contributed by atoms with Crippen molar-refractivity contribution in [2.45, 2.75) is 30.4 Å². The third-order valence-electron chi connectivity index (χ3n) is 3.74. The lowest BCUT2D eigenvalue weighted by Gasteiger charge is -2.12. The lowest BCUT2D eigenvalue weighted by molar-refractivity contribution is -0.116. The van der Waals surface area contributed by atoms with Gasteiger partial charge in [0, 0.05) is 17.5 Å². The van der Waals surface area contributed by atoms with Crippen LogP contribution in [0.25, 0.3) is 0 Å². The van der Waals surface area contributed by atoms with Gasteiger partial charge in [-0.3, -0.25) is 9.59 Å². The van der Waals surface area contributed by atoms with Crippen LogP contribution in [0.15, 0.2) is 41.3 Å². The van der Waals surface area contributed by atoms with Gasteiger partial charge in [0.15, 0.2) is 0 Å². The van der Waals surface area contributed by atoms with E-state index in [9.17, 15) is 9.59 Å². The van der Waals surface area contributed by atoms with E-state index in [1.54, 1.807) is 30.0 Å². The maximum atomic E-state index is 12.5. The number of halogens is 1. The van der Waals surface area contributed by atoms with Crippen LogP contribution < -0.4 is 10.6 Å². The Kier molecular flexibility index (Phi) is 4.83. The van der Waals surface area contributed by atoms with E-state index >= 15 is 0 Å². The molecule has 2 N–H and O–H groups in total. The Hall–Kier alpha value is -1.98. The van der Waals surface area contributed by atoms with Crippen molar-refractivity contribution in [1.29, 1.82) is 0 Å². The molecule has 4 nitrogen and oxygen atoms in total. The van der Waals surface area contributed by atoms with E-state index in [4.69, 9.17) is 11.6 Å². The van der Waals surface area contributed by atoms with Crippen LogP contribution in [0.2, 0.25) is 5.02 Å². The number of fused-ring (bicyclic) bond motifs is 1. The molecule has 0 spiro atoms. The average molecular weight is 361 g/mol. The Morgan fingerprint density at radius 3 is 2.67 bits per heavy atom.